The second kappa shape index (κ2) is 6.46. The molecule has 4 rings (SSSR count). The molecule has 134 valence electrons. The lowest BCUT2D eigenvalue weighted by atomic mass is 10.1. The van der Waals surface area contributed by atoms with Gasteiger partial charge in [0.15, 0.2) is 11.5 Å². The Labute approximate surface area is 146 Å². The van der Waals surface area contributed by atoms with Crippen molar-refractivity contribution in [2.45, 2.75) is 19.3 Å². The maximum atomic E-state index is 12.7. The maximum Gasteiger partial charge on any atom is 0.409 e. The van der Waals surface area contributed by atoms with Crippen molar-refractivity contribution in [1.29, 1.82) is 0 Å². The predicted molar refractivity (Wildman–Crippen MR) is 88.6 cm³/mol. The molecule has 2 fully saturated rings. The zero-order chi connectivity index (χ0) is 17.4. The molecule has 2 aliphatic heterocycles. The van der Waals surface area contributed by atoms with E-state index in [9.17, 15) is 9.59 Å². The first-order valence-electron chi connectivity index (χ1n) is 8.77. The Bertz CT molecular complexity index is 684. The SMILES string of the molecule is CCOC(=O)N1CCN(C(=O)[C@H]2C[C@@H]2c2ccc3c(c2)OCO3)CC1. The molecule has 0 radical (unpaired) electrons. The third kappa shape index (κ3) is 3.10. The molecule has 1 saturated heterocycles. The van der Waals surface area contributed by atoms with Gasteiger partial charge in [-0.3, -0.25) is 4.79 Å². The topological polar surface area (TPSA) is 68.3 Å². The first-order chi connectivity index (χ1) is 12.2. The van der Waals surface area contributed by atoms with E-state index in [1.54, 1.807) is 11.8 Å². The number of amides is 2. The van der Waals surface area contributed by atoms with Crippen LogP contribution in [0.5, 0.6) is 11.5 Å². The minimum absolute atomic E-state index is 0.0366. The summed E-state index contributed by atoms with van der Waals surface area (Å²) in [6.07, 6.45) is 0.579. The van der Waals surface area contributed by atoms with Gasteiger partial charge in [0, 0.05) is 32.1 Å². The van der Waals surface area contributed by atoms with Crippen LogP contribution in [0, 0.1) is 5.92 Å². The Balaban J connectivity index is 1.32. The average Bonchev–Trinajstić information content (AvgIpc) is 3.30. The minimum Gasteiger partial charge on any atom is -0.454 e. The zero-order valence-electron chi connectivity index (χ0n) is 14.3. The fraction of sp³-hybridized carbons (Fsp3) is 0.556. The number of hydrogen-bond acceptors (Lipinski definition) is 5. The summed E-state index contributed by atoms with van der Waals surface area (Å²) in [7, 11) is 0. The fourth-order valence-corrected chi connectivity index (χ4v) is 3.54. The second-order valence-electron chi connectivity index (χ2n) is 6.57. The first-order valence-corrected chi connectivity index (χ1v) is 8.77. The van der Waals surface area contributed by atoms with E-state index in [1.165, 1.54) is 0 Å². The molecule has 25 heavy (non-hydrogen) atoms. The average molecular weight is 346 g/mol. The highest BCUT2D eigenvalue weighted by Crippen LogP contribution is 2.50. The highest BCUT2D eigenvalue weighted by Gasteiger charge is 2.46. The van der Waals surface area contributed by atoms with E-state index >= 15 is 0 Å². The highest BCUT2D eigenvalue weighted by molar-refractivity contribution is 5.83. The van der Waals surface area contributed by atoms with Crippen molar-refractivity contribution in [2.24, 2.45) is 5.92 Å². The van der Waals surface area contributed by atoms with E-state index < -0.39 is 0 Å². The summed E-state index contributed by atoms with van der Waals surface area (Å²) in [5, 5.41) is 0. The zero-order valence-corrected chi connectivity index (χ0v) is 14.3. The maximum absolute atomic E-state index is 12.7. The molecule has 1 saturated carbocycles. The minimum atomic E-state index is -0.292. The van der Waals surface area contributed by atoms with E-state index in [2.05, 4.69) is 0 Å². The summed E-state index contributed by atoms with van der Waals surface area (Å²) < 4.78 is 15.8. The van der Waals surface area contributed by atoms with E-state index in [4.69, 9.17) is 14.2 Å². The van der Waals surface area contributed by atoms with Gasteiger partial charge in [0.05, 0.1) is 6.61 Å². The number of rotatable bonds is 3. The lowest BCUT2D eigenvalue weighted by Gasteiger charge is -2.34. The van der Waals surface area contributed by atoms with Crippen molar-refractivity contribution in [3.8, 4) is 11.5 Å². The lowest BCUT2D eigenvalue weighted by molar-refractivity contribution is -0.134. The molecular weight excluding hydrogens is 324 g/mol. The van der Waals surface area contributed by atoms with Gasteiger partial charge in [-0.1, -0.05) is 6.07 Å². The summed E-state index contributed by atoms with van der Waals surface area (Å²) in [6.45, 7) is 4.64. The number of ether oxygens (including phenoxy) is 3. The Morgan fingerprint density at radius 2 is 1.84 bits per heavy atom. The standard InChI is InChI=1S/C18H22N2O5/c1-2-23-18(22)20-7-5-19(6-8-20)17(21)14-10-13(14)12-3-4-15-16(9-12)25-11-24-15/h3-4,9,13-14H,2,5-8,10-11H2,1H3/t13-,14+/m1/s1. The van der Waals surface area contributed by atoms with Crippen LogP contribution in [-0.4, -0.2) is 61.4 Å². The molecule has 7 heteroatoms. The van der Waals surface area contributed by atoms with Crippen LogP contribution in [-0.2, 0) is 9.53 Å². The van der Waals surface area contributed by atoms with Crippen LogP contribution in [0.4, 0.5) is 4.79 Å². The van der Waals surface area contributed by atoms with Crippen molar-refractivity contribution in [1.82, 2.24) is 9.80 Å². The van der Waals surface area contributed by atoms with Gasteiger partial charge in [-0.25, -0.2) is 4.79 Å². The summed E-state index contributed by atoms with van der Waals surface area (Å²) in [6, 6.07) is 5.92. The normalized spacial score (nSPS) is 24.2. The number of piperazine rings is 1. The first kappa shape index (κ1) is 16.1. The molecule has 1 aromatic rings. The Morgan fingerprint density at radius 3 is 2.60 bits per heavy atom. The van der Waals surface area contributed by atoms with Gasteiger partial charge in [0.2, 0.25) is 12.7 Å². The molecule has 0 unspecified atom stereocenters. The number of fused-ring (bicyclic) bond motifs is 1. The fourth-order valence-electron chi connectivity index (χ4n) is 3.54. The largest absolute Gasteiger partial charge is 0.454 e. The highest BCUT2D eigenvalue weighted by atomic mass is 16.7. The van der Waals surface area contributed by atoms with Gasteiger partial charge in [0.25, 0.3) is 0 Å². The van der Waals surface area contributed by atoms with Crippen LogP contribution >= 0.6 is 0 Å². The van der Waals surface area contributed by atoms with Crippen molar-refractivity contribution in [3.05, 3.63) is 23.8 Å². The molecule has 1 aromatic carbocycles. The van der Waals surface area contributed by atoms with E-state index in [0.717, 1.165) is 23.5 Å². The quantitative estimate of drug-likeness (QED) is 0.835. The molecule has 3 aliphatic rings. The van der Waals surface area contributed by atoms with Crippen LogP contribution in [0.25, 0.3) is 0 Å². The second-order valence-corrected chi connectivity index (χ2v) is 6.57. The summed E-state index contributed by atoms with van der Waals surface area (Å²) in [4.78, 5) is 28.0. The Morgan fingerprint density at radius 1 is 1.12 bits per heavy atom. The van der Waals surface area contributed by atoms with E-state index in [0.29, 0.717) is 32.8 Å². The molecular formula is C18H22N2O5. The summed E-state index contributed by atoms with van der Waals surface area (Å²) in [5.74, 6) is 2.01. The Kier molecular flexibility index (Phi) is 4.15. The van der Waals surface area contributed by atoms with Crippen molar-refractivity contribution in [2.75, 3.05) is 39.6 Å². The smallest absolute Gasteiger partial charge is 0.409 e. The van der Waals surface area contributed by atoms with Gasteiger partial charge in [-0.2, -0.15) is 0 Å². The van der Waals surface area contributed by atoms with Crippen LogP contribution in [0.1, 0.15) is 24.8 Å². The summed E-state index contributed by atoms with van der Waals surface area (Å²) >= 11 is 0. The lowest BCUT2D eigenvalue weighted by Crippen LogP contribution is -2.51. The number of carbonyl (C=O) groups excluding carboxylic acids is 2. The number of benzene rings is 1. The van der Waals surface area contributed by atoms with Crippen LogP contribution < -0.4 is 9.47 Å². The third-order valence-corrected chi connectivity index (χ3v) is 5.05. The van der Waals surface area contributed by atoms with Crippen LogP contribution in [0.15, 0.2) is 18.2 Å². The van der Waals surface area contributed by atoms with Gasteiger partial charge < -0.3 is 24.0 Å². The van der Waals surface area contributed by atoms with Gasteiger partial charge in [-0.15, -0.1) is 0 Å². The molecule has 0 N–H and O–H groups in total. The molecule has 0 spiro atoms. The molecule has 0 aromatic heterocycles. The van der Waals surface area contributed by atoms with E-state index in [-0.39, 0.29) is 30.6 Å². The number of nitrogens with zero attached hydrogens (tertiary/aromatic N) is 2. The van der Waals surface area contributed by atoms with Gasteiger partial charge >= 0.3 is 6.09 Å². The molecule has 2 heterocycles. The molecule has 7 nitrogen and oxygen atoms in total. The van der Waals surface area contributed by atoms with Crippen molar-refractivity contribution in [3.63, 3.8) is 0 Å². The van der Waals surface area contributed by atoms with Crippen LogP contribution in [0.2, 0.25) is 0 Å². The number of carbonyl (C=O) groups is 2. The van der Waals surface area contributed by atoms with Crippen LogP contribution in [0.3, 0.4) is 0 Å². The summed E-state index contributed by atoms with van der Waals surface area (Å²) in [5.41, 5.74) is 1.13. The van der Waals surface area contributed by atoms with Gasteiger partial charge in [0.1, 0.15) is 0 Å². The van der Waals surface area contributed by atoms with E-state index in [1.807, 2.05) is 23.1 Å². The van der Waals surface area contributed by atoms with Crippen molar-refractivity contribution >= 4 is 12.0 Å². The molecule has 2 atom stereocenters. The monoisotopic (exact) mass is 346 g/mol. The molecule has 0 bridgehead atoms. The predicted octanol–water partition coefficient (Wildman–Crippen LogP) is 1.82. The van der Waals surface area contributed by atoms with Crippen molar-refractivity contribution < 1.29 is 23.8 Å². The molecule has 2 amide bonds. The van der Waals surface area contributed by atoms with Gasteiger partial charge in [-0.05, 0) is 37.0 Å². The number of hydrogen-bond donors (Lipinski definition) is 0. The Hall–Kier alpha value is -2.44. The molecule has 1 aliphatic carbocycles. The third-order valence-electron chi connectivity index (χ3n) is 5.05.